The summed E-state index contributed by atoms with van der Waals surface area (Å²) in [5.41, 5.74) is 6.88. The van der Waals surface area contributed by atoms with Gasteiger partial charge in [-0.05, 0) is 48.5 Å². The third-order valence-electron chi connectivity index (χ3n) is 7.52. The lowest BCUT2D eigenvalue weighted by molar-refractivity contribution is 0.101. The first-order chi connectivity index (χ1) is 22.7. The number of carbonyl (C=O) groups excluding carboxylic acids is 2. The van der Waals surface area contributed by atoms with Gasteiger partial charge in [-0.1, -0.05) is 97.1 Å². The zero-order valence-electron chi connectivity index (χ0n) is 24.6. The van der Waals surface area contributed by atoms with Crippen LogP contribution in [-0.2, 0) is 0 Å². The summed E-state index contributed by atoms with van der Waals surface area (Å²) in [4.78, 5) is 27.1. The van der Waals surface area contributed by atoms with Gasteiger partial charge in [0.05, 0.1) is 46.3 Å². The molecule has 8 heteroatoms. The van der Waals surface area contributed by atoms with Crippen LogP contribution in [0.15, 0.2) is 158 Å². The van der Waals surface area contributed by atoms with Gasteiger partial charge in [-0.3, -0.25) is 9.59 Å². The highest BCUT2D eigenvalue weighted by Gasteiger charge is 2.22. The fourth-order valence-corrected chi connectivity index (χ4v) is 5.34. The molecule has 0 aliphatic carbocycles. The molecule has 0 bridgehead atoms. The van der Waals surface area contributed by atoms with Gasteiger partial charge in [-0.2, -0.15) is 10.2 Å². The topological polar surface area (TPSA) is 93.8 Å². The Hall–Kier alpha value is -6.54. The first-order valence-corrected chi connectivity index (χ1v) is 14.8. The fourth-order valence-electron chi connectivity index (χ4n) is 5.34. The summed E-state index contributed by atoms with van der Waals surface area (Å²) in [6.07, 6.45) is 3.17. The summed E-state index contributed by atoms with van der Waals surface area (Å²) < 4.78 is 3.54. The molecule has 7 aromatic rings. The highest BCUT2D eigenvalue weighted by atomic mass is 16.2. The monoisotopic (exact) mass is 600 g/mol. The number of benzene rings is 5. The molecule has 2 aromatic heterocycles. The number of para-hydroxylation sites is 2. The van der Waals surface area contributed by atoms with E-state index in [1.54, 1.807) is 46.0 Å². The maximum atomic E-state index is 13.5. The van der Waals surface area contributed by atoms with Crippen molar-refractivity contribution in [2.24, 2.45) is 0 Å². The van der Waals surface area contributed by atoms with Crippen LogP contribution in [0.5, 0.6) is 0 Å². The summed E-state index contributed by atoms with van der Waals surface area (Å²) in [6, 6.07) is 45.8. The van der Waals surface area contributed by atoms with E-state index in [4.69, 9.17) is 0 Å². The van der Waals surface area contributed by atoms with Crippen molar-refractivity contribution in [2.45, 2.75) is 0 Å². The zero-order valence-corrected chi connectivity index (χ0v) is 24.6. The minimum Gasteiger partial charge on any atom is -0.322 e. The van der Waals surface area contributed by atoms with Crippen LogP contribution in [0.25, 0.3) is 33.9 Å². The van der Waals surface area contributed by atoms with Crippen LogP contribution in [0, 0.1) is 0 Å². The average molecular weight is 601 g/mol. The third-order valence-corrected chi connectivity index (χ3v) is 7.52. The minimum atomic E-state index is -0.293. The Morgan fingerprint density at radius 2 is 0.761 bits per heavy atom. The molecule has 2 heterocycles. The van der Waals surface area contributed by atoms with Crippen molar-refractivity contribution in [3.63, 3.8) is 0 Å². The molecule has 0 spiro atoms. The van der Waals surface area contributed by atoms with E-state index in [1.807, 2.05) is 121 Å². The van der Waals surface area contributed by atoms with Gasteiger partial charge in [-0.25, -0.2) is 9.36 Å². The average Bonchev–Trinajstić information content (AvgIpc) is 3.77. The number of hydrogen-bond donors (Lipinski definition) is 2. The molecule has 0 atom stereocenters. The van der Waals surface area contributed by atoms with E-state index < -0.39 is 0 Å². The number of carbonyl (C=O) groups is 2. The maximum Gasteiger partial charge on any atom is 0.259 e. The van der Waals surface area contributed by atoms with Gasteiger partial charge < -0.3 is 10.6 Å². The van der Waals surface area contributed by atoms with E-state index >= 15 is 0 Å². The Morgan fingerprint density at radius 1 is 0.435 bits per heavy atom. The molecule has 222 valence electrons. The summed E-state index contributed by atoms with van der Waals surface area (Å²) >= 11 is 0. The van der Waals surface area contributed by atoms with Crippen LogP contribution < -0.4 is 10.6 Å². The number of nitrogens with one attached hydrogen (secondary N) is 2. The van der Waals surface area contributed by atoms with Crippen LogP contribution in [0.4, 0.5) is 11.4 Å². The zero-order chi connectivity index (χ0) is 31.3. The molecule has 0 saturated carbocycles. The van der Waals surface area contributed by atoms with Gasteiger partial charge in [0.15, 0.2) is 0 Å². The Labute approximate surface area is 265 Å². The van der Waals surface area contributed by atoms with E-state index in [0.29, 0.717) is 33.9 Å². The number of aromatic nitrogens is 4. The molecule has 0 radical (unpaired) electrons. The molecule has 2 amide bonds. The van der Waals surface area contributed by atoms with Crippen LogP contribution in [0.1, 0.15) is 20.7 Å². The highest BCUT2D eigenvalue weighted by molar-refractivity contribution is 6.09. The Morgan fingerprint density at radius 3 is 1.11 bits per heavy atom. The smallest absolute Gasteiger partial charge is 0.259 e. The summed E-state index contributed by atoms with van der Waals surface area (Å²) in [6.45, 7) is 0. The molecule has 0 saturated heterocycles. The van der Waals surface area contributed by atoms with Crippen LogP contribution in [0.3, 0.4) is 0 Å². The second kappa shape index (κ2) is 12.6. The molecule has 5 aromatic carbocycles. The molecule has 2 N–H and O–H groups in total. The predicted octanol–water partition coefficient (Wildman–Crippen LogP) is 7.90. The number of nitrogens with zero attached hydrogens (tertiary/aromatic N) is 4. The van der Waals surface area contributed by atoms with Crippen molar-refractivity contribution in [1.29, 1.82) is 0 Å². The lowest BCUT2D eigenvalue weighted by Gasteiger charge is -2.12. The molecule has 7 rings (SSSR count). The molecule has 0 aliphatic heterocycles. The molecule has 0 aliphatic rings. The molecular weight excluding hydrogens is 572 g/mol. The predicted molar refractivity (Wildman–Crippen MR) is 180 cm³/mol. The second-order valence-electron chi connectivity index (χ2n) is 10.5. The van der Waals surface area contributed by atoms with E-state index in [2.05, 4.69) is 20.8 Å². The number of rotatable bonds is 8. The molecule has 0 unspecified atom stereocenters. The standard InChI is InChI=1S/C38H28N6O2/c45-37(33-25-39-43(31-17-9-3-10-18-31)35(33)27-13-5-1-6-14-27)41-29-21-23-30(24-22-29)42-38(46)34-26-40-44(32-19-11-4-12-20-32)36(34)28-15-7-2-8-16-28/h1-26H,(H,41,45)(H,42,46). The van der Waals surface area contributed by atoms with Crippen molar-refractivity contribution in [3.05, 3.63) is 169 Å². The number of hydrogen-bond acceptors (Lipinski definition) is 4. The van der Waals surface area contributed by atoms with Gasteiger partial charge in [0.1, 0.15) is 0 Å². The van der Waals surface area contributed by atoms with Crippen LogP contribution in [-0.4, -0.2) is 31.4 Å². The molecular formula is C38H28N6O2. The normalized spacial score (nSPS) is 10.8. The maximum absolute atomic E-state index is 13.5. The first-order valence-electron chi connectivity index (χ1n) is 14.8. The summed E-state index contributed by atoms with van der Waals surface area (Å²) in [5, 5.41) is 15.1. The second-order valence-corrected chi connectivity index (χ2v) is 10.5. The summed E-state index contributed by atoms with van der Waals surface area (Å²) in [7, 11) is 0. The van der Waals surface area contributed by atoms with Crippen molar-refractivity contribution in [3.8, 4) is 33.9 Å². The van der Waals surface area contributed by atoms with Crippen molar-refractivity contribution < 1.29 is 9.59 Å². The highest BCUT2D eigenvalue weighted by Crippen LogP contribution is 2.29. The van der Waals surface area contributed by atoms with Crippen molar-refractivity contribution >= 4 is 23.2 Å². The van der Waals surface area contributed by atoms with E-state index in [-0.39, 0.29) is 11.8 Å². The third kappa shape index (κ3) is 5.70. The van der Waals surface area contributed by atoms with E-state index in [0.717, 1.165) is 22.5 Å². The Balaban J connectivity index is 1.12. The van der Waals surface area contributed by atoms with Gasteiger partial charge in [-0.15, -0.1) is 0 Å². The lowest BCUT2D eigenvalue weighted by atomic mass is 10.1. The molecule has 0 fully saturated rings. The number of anilines is 2. The van der Waals surface area contributed by atoms with Crippen LogP contribution >= 0.6 is 0 Å². The van der Waals surface area contributed by atoms with Crippen molar-refractivity contribution in [1.82, 2.24) is 19.6 Å². The van der Waals surface area contributed by atoms with Gasteiger partial charge >= 0.3 is 0 Å². The minimum absolute atomic E-state index is 0.293. The van der Waals surface area contributed by atoms with Gasteiger partial charge in [0.25, 0.3) is 11.8 Å². The quantitative estimate of drug-likeness (QED) is 0.185. The van der Waals surface area contributed by atoms with E-state index in [1.165, 1.54) is 0 Å². The van der Waals surface area contributed by atoms with Gasteiger partial charge in [0.2, 0.25) is 0 Å². The molecule has 46 heavy (non-hydrogen) atoms. The number of amides is 2. The van der Waals surface area contributed by atoms with Gasteiger partial charge in [0, 0.05) is 22.5 Å². The SMILES string of the molecule is O=C(Nc1ccc(NC(=O)c2cnn(-c3ccccc3)c2-c2ccccc2)cc1)c1cnn(-c2ccccc2)c1-c1ccccc1. The largest absolute Gasteiger partial charge is 0.322 e. The lowest BCUT2D eigenvalue weighted by Crippen LogP contribution is -2.14. The fraction of sp³-hybridized carbons (Fsp3) is 0. The van der Waals surface area contributed by atoms with E-state index in [9.17, 15) is 9.59 Å². The summed E-state index contributed by atoms with van der Waals surface area (Å²) in [5.74, 6) is -0.586. The Bertz CT molecular complexity index is 1950. The first kappa shape index (κ1) is 28.2. The Kier molecular flexibility index (Phi) is 7.73. The molecule has 8 nitrogen and oxygen atoms in total. The van der Waals surface area contributed by atoms with Crippen molar-refractivity contribution in [2.75, 3.05) is 10.6 Å². The van der Waals surface area contributed by atoms with Crippen LogP contribution in [0.2, 0.25) is 0 Å².